The molecule has 98 valence electrons. The zero-order valence-corrected chi connectivity index (χ0v) is 10.3. The van der Waals surface area contributed by atoms with Crippen LogP contribution < -0.4 is 4.74 Å². The van der Waals surface area contributed by atoms with Crippen molar-refractivity contribution in [2.75, 3.05) is 0 Å². The van der Waals surface area contributed by atoms with Gasteiger partial charge in [-0.3, -0.25) is 4.79 Å². The van der Waals surface area contributed by atoms with E-state index in [4.69, 9.17) is 4.74 Å². The lowest BCUT2D eigenvalue weighted by Gasteiger charge is -2.19. The summed E-state index contributed by atoms with van der Waals surface area (Å²) in [6.07, 6.45) is 4.76. The number of rotatable bonds is 2. The SMILES string of the molecule is Cc1c(F)cc(OC(=O)C2CCCCC2)cc1F. The van der Waals surface area contributed by atoms with Gasteiger partial charge >= 0.3 is 5.97 Å². The third-order valence-electron chi connectivity index (χ3n) is 3.41. The fraction of sp³-hybridized carbons (Fsp3) is 0.500. The normalized spacial score (nSPS) is 16.6. The van der Waals surface area contributed by atoms with Crippen LogP contribution >= 0.6 is 0 Å². The molecule has 1 saturated carbocycles. The lowest BCUT2D eigenvalue weighted by molar-refractivity contribution is -0.140. The molecule has 0 N–H and O–H groups in total. The van der Waals surface area contributed by atoms with Gasteiger partial charge in [0.15, 0.2) is 0 Å². The van der Waals surface area contributed by atoms with Crippen LogP contribution in [0, 0.1) is 24.5 Å². The molecule has 4 heteroatoms. The molecule has 2 rings (SSSR count). The highest BCUT2D eigenvalue weighted by atomic mass is 19.1. The summed E-state index contributed by atoms with van der Waals surface area (Å²) < 4.78 is 31.7. The Morgan fingerprint density at radius 3 is 2.28 bits per heavy atom. The van der Waals surface area contributed by atoms with Crippen LogP contribution in [-0.2, 0) is 4.79 Å². The van der Waals surface area contributed by atoms with E-state index >= 15 is 0 Å². The van der Waals surface area contributed by atoms with Crippen molar-refractivity contribution < 1.29 is 18.3 Å². The van der Waals surface area contributed by atoms with Gasteiger partial charge in [-0.1, -0.05) is 19.3 Å². The first kappa shape index (κ1) is 13.0. The molecule has 0 spiro atoms. The summed E-state index contributed by atoms with van der Waals surface area (Å²) in [6.45, 7) is 1.34. The lowest BCUT2D eigenvalue weighted by Crippen LogP contribution is -2.22. The molecule has 1 aliphatic rings. The largest absolute Gasteiger partial charge is 0.426 e. The van der Waals surface area contributed by atoms with Gasteiger partial charge in [-0.2, -0.15) is 0 Å². The maximum atomic E-state index is 13.3. The summed E-state index contributed by atoms with van der Waals surface area (Å²) in [6, 6.07) is 2.11. The topological polar surface area (TPSA) is 26.3 Å². The van der Waals surface area contributed by atoms with Gasteiger partial charge < -0.3 is 4.74 Å². The molecule has 0 unspecified atom stereocenters. The van der Waals surface area contributed by atoms with Crippen LogP contribution in [0.15, 0.2) is 12.1 Å². The monoisotopic (exact) mass is 254 g/mol. The van der Waals surface area contributed by atoms with Crippen molar-refractivity contribution in [1.82, 2.24) is 0 Å². The molecule has 0 heterocycles. The number of esters is 1. The Morgan fingerprint density at radius 2 is 1.72 bits per heavy atom. The molecule has 1 aromatic rings. The minimum Gasteiger partial charge on any atom is -0.426 e. The quantitative estimate of drug-likeness (QED) is 0.593. The lowest BCUT2D eigenvalue weighted by atomic mass is 9.89. The van der Waals surface area contributed by atoms with Crippen LogP contribution in [0.2, 0.25) is 0 Å². The number of carbonyl (C=O) groups is 1. The van der Waals surface area contributed by atoms with Crippen LogP contribution in [0.1, 0.15) is 37.7 Å². The number of ether oxygens (including phenoxy) is 1. The fourth-order valence-corrected chi connectivity index (χ4v) is 2.22. The summed E-state index contributed by atoms with van der Waals surface area (Å²) in [7, 11) is 0. The number of halogens is 2. The summed E-state index contributed by atoms with van der Waals surface area (Å²) >= 11 is 0. The summed E-state index contributed by atoms with van der Waals surface area (Å²) in [5.41, 5.74) is -0.0625. The Bertz CT molecular complexity index is 428. The molecule has 0 amide bonds. The Kier molecular flexibility index (Phi) is 3.94. The second kappa shape index (κ2) is 5.46. The average Bonchev–Trinajstić information content (AvgIpc) is 2.37. The van der Waals surface area contributed by atoms with E-state index in [0.717, 1.165) is 44.2 Å². The van der Waals surface area contributed by atoms with Crippen molar-refractivity contribution in [2.45, 2.75) is 39.0 Å². The fourth-order valence-electron chi connectivity index (χ4n) is 2.22. The molecule has 1 fully saturated rings. The van der Waals surface area contributed by atoms with E-state index in [1.807, 2.05) is 0 Å². The zero-order valence-electron chi connectivity index (χ0n) is 10.3. The van der Waals surface area contributed by atoms with Crippen molar-refractivity contribution in [3.63, 3.8) is 0 Å². The Balaban J connectivity index is 2.06. The van der Waals surface area contributed by atoms with Gasteiger partial charge in [-0.05, 0) is 19.8 Å². The van der Waals surface area contributed by atoms with Crippen LogP contribution in [0.25, 0.3) is 0 Å². The van der Waals surface area contributed by atoms with E-state index < -0.39 is 11.6 Å². The molecular weight excluding hydrogens is 238 g/mol. The van der Waals surface area contributed by atoms with Crippen molar-refractivity contribution in [2.24, 2.45) is 5.92 Å². The predicted molar refractivity (Wildman–Crippen MR) is 63.3 cm³/mol. The molecule has 0 saturated heterocycles. The molecule has 1 aliphatic carbocycles. The smallest absolute Gasteiger partial charge is 0.314 e. The molecule has 0 bridgehead atoms. The van der Waals surface area contributed by atoms with Crippen molar-refractivity contribution in [3.05, 3.63) is 29.3 Å². The highest BCUT2D eigenvalue weighted by Crippen LogP contribution is 2.26. The van der Waals surface area contributed by atoms with Gasteiger partial charge in [-0.25, -0.2) is 8.78 Å². The van der Waals surface area contributed by atoms with E-state index in [0.29, 0.717) is 0 Å². The van der Waals surface area contributed by atoms with E-state index in [1.165, 1.54) is 6.92 Å². The van der Waals surface area contributed by atoms with Gasteiger partial charge in [-0.15, -0.1) is 0 Å². The zero-order chi connectivity index (χ0) is 13.1. The number of carbonyl (C=O) groups excluding carboxylic acids is 1. The highest BCUT2D eigenvalue weighted by Gasteiger charge is 2.23. The Morgan fingerprint density at radius 1 is 1.17 bits per heavy atom. The minimum absolute atomic E-state index is 0.0498. The van der Waals surface area contributed by atoms with Crippen LogP contribution in [0.3, 0.4) is 0 Å². The van der Waals surface area contributed by atoms with Gasteiger partial charge in [0.05, 0.1) is 5.92 Å². The van der Waals surface area contributed by atoms with Gasteiger partial charge in [0, 0.05) is 17.7 Å². The van der Waals surface area contributed by atoms with Crippen molar-refractivity contribution in [3.8, 4) is 5.75 Å². The summed E-state index contributed by atoms with van der Waals surface area (Å²) in [5.74, 6) is -1.95. The third kappa shape index (κ3) is 2.86. The number of benzene rings is 1. The summed E-state index contributed by atoms with van der Waals surface area (Å²) in [5, 5.41) is 0. The first-order chi connectivity index (χ1) is 8.58. The second-order valence-electron chi connectivity index (χ2n) is 4.77. The van der Waals surface area contributed by atoms with Crippen LogP contribution in [0.5, 0.6) is 5.75 Å². The third-order valence-corrected chi connectivity index (χ3v) is 3.41. The first-order valence-corrected chi connectivity index (χ1v) is 6.25. The minimum atomic E-state index is -0.693. The van der Waals surface area contributed by atoms with Gasteiger partial charge in [0.2, 0.25) is 0 Å². The number of hydrogen-bond acceptors (Lipinski definition) is 2. The molecule has 2 nitrogen and oxygen atoms in total. The Labute approximate surface area is 105 Å². The van der Waals surface area contributed by atoms with E-state index in [-0.39, 0.29) is 23.2 Å². The van der Waals surface area contributed by atoms with Crippen LogP contribution in [-0.4, -0.2) is 5.97 Å². The van der Waals surface area contributed by atoms with E-state index in [1.54, 1.807) is 0 Å². The number of hydrogen-bond donors (Lipinski definition) is 0. The molecule has 1 aromatic carbocycles. The molecular formula is C14H16F2O2. The molecule has 0 aliphatic heterocycles. The van der Waals surface area contributed by atoms with Gasteiger partial charge in [0.25, 0.3) is 0 Å². The van der Waals surface area contributed by atoms with Crippen LogP contribution in [0.4, 0.5) is 8.78 Å². The van der Waals surface area contributed by atoms with Gasteiger partial charge in [0.1, 0.15) is 17.4 Å². The predicted octanol–water partition coefficient (Wildman–Crippen LogP) is 3.76. The van der Waals surface area contributed by atoms with Crippen molar-refractivity contribution >= 4 is 5.97 Å². The first-order valence-electron chi connectivity index (χ1n) is 6.25. The standard InChI is InChI=1S/C14H16F2O2/c1-9-12(15)7-11(8-13(9)16)18-14(17)10-5-3-2-4-6-10/h7-8,10H,2-6H2,1H3. The molecule has 18 heavy (non-hydrogen) atoms. The Hall–Kier alpha value is -1.45. The average molecular weight is 254 g/mol. The molecule has 0 atom stereocenters. The second-order valence-corrected chi connectivity index (χ2v) is 4.77. The molecule has 0 radical (unpaired) electrons. The maximum Gasteiger partial charge on any atom is 0.314 e. The van der Waals surface area contributed by atoms with E-state index in [9.17, 15) is 13.6 Å². The highest BCUT2D eigenvalue weighted by molar-refractivity contribution is 5.75. The maximum absolute atomic E-state index is 13.3. The molecule has 0 aromatic heterocycles. The van der Waals surface area contributed by atoms with E-state index in [2.05, 4.69) is 0 Å². The van der Waals surface area contributed by atoms with Crippen molar-refractivity contribution in [1.29, 1.82) is 0 Å². The summed E-state index contributed by atoms with van der Waals surface area (Å²) in [4.78, 5) is 11.8.